The van der Waals surface area contributed by atoms with E-state index in [4.69, 9.17) is 0 Å². The maximum atomic E-state index is 9.41. The van der Waals surface area contributed by atoms with Gasteiger partial charge in [-0.1, -0.05) is 0 Å². The Hall–Kier alpha value is -2.65. The van der Waals surface area contributed by atoms with Crippen LogP contribution in [0.15, 0.2) is 121 Å². The van der Waals surface area contributed by atoms with Crippen LogP contribution in [0, 0.1) is 0 Å². The van der Waals surface area contributed by atoms with Crippen molar-refractivity contribution in [3.63, 3.8) is 0 Å². The van der Waals surface area contributed by atoms with Gasteiger partial charge in [0, 0.05) is 0 Å². The molecule has 0 saturated carbocycles. The Morgan fingerprint density at radius 2 is 0.714 bits per heavy atom. The molecule has 2 aliphatic carbocycles. The first-order valence-electron chi connectivity index (χ1n) is 26.2. The second-order valence-corrected chi connectivity index (χ2v) is 89.0. The molecule has 0 heterocycles. The zero-order valence-corrected chi connectivity index (χ0v) is 55.0. The standard InChI is InChI=1S/2C30H37Si2.C2H7Si.2ClH.Zr/c2*1-21(2)28-15-14-23-16-24(22-12-10-9-11-13-22)19-29(23)30(28)25-17-26(31(3,4)5)20-27(18-25)32(6,7)8;1-3-2;;;/h2*9-21H,1-8H3;3H,1-2H3;2*1H;/q;;;;;+2/p-2. The van der Waals surface area contributed by atoms with Gasteiger partial charge in [0.05, 0.1) is 0 Å². The van der Waals surface area contributed by atoms with Crippen LogP contribution in [-0.2, 0) is 15.6 Å². The number of rotatable bonds is 13. The minimum absolute atomic E-state index is 0.115. The SMILES string of the molecule is CC(C)c1ccc2c(c1-c1cc([Si](C)(C)C)cc([Si](C)(C)C)c1)C=C(c1ccccc1)[CH]2[Zr]([Cl])([Cl])([CH]1C(c2ccccc2)=Cc2c1ccc(C(C)C)c2-c1cc([Si](C)(C)C)cc([Si](C)(C)C)c1)[SiH](C)C. The molecular formula is C62H81Cl2Si5Zr. The van der Waals surface area contributed by atoms with E-state index in [2.05, 4.69) is 253 Å². The first-order chi connectivity index (χ1) is 32.4. The first kappa shape index (κ1) is 53.6. The van der Waals surface area contributed by atoms with Gasteiger partial charge in [-0.2, -0.15) is 0 Å². The van der Waals surface area contributed by atoms with E-state index >= 15 is 0 Å². The normalized spacial score (nSPS) is 17.2. The van der Waals surface area contributed by atoms with Crippen LogP contribution in [0.25, 0.3) is 45.6 Å². The van der Waals surface area contributed by atoms with E-state index in [1.54, 1.807) is 0 Å². The Morgan fingerprint density at radius 1 is 0.414 bits per heavy atom. The van der Waals surface area contributed by atoms with Crippen LogP contribution in [0.5, 0.6) is 0 Å². The molecule has 8 heteroatoms. The van der Waals surface area contributed by atoms with Crippen molar-refractivity contribution in [2.24, 2.45) is 0 Å². The number of benzene rings is 6. The molecule has 0 amide bonds. The van der Waals surface area contributed by atoms with Crippen molar-refractivity contribution in [3.05, 3.63) is 166 Å². The summed E-state index contributed by atoms with van der Waals surface area (Å²) in [7, 11) is 12.0. The fraction of sp³-hybridized carbons (Fsp3) is 0.355. The van der Waals surface area contributed by atoms with Crippen molar-refractivity contribution in [2.75, 3.05) is 0 Å². The number of allylic oxidation sites excluding steroid dienone is 2. The second-order valence-electron chi connectivity index (χ2n) is 26.2. The summed E-state index contributed by atoms with van der Waals surface area (Å²) >= 11 is -5.43. The molecule has 2 unspecified atom stereocenters. The summed E-state index contributed by atoms with van der Waals surface area (Å²) in [6.45, 7) is 44.6. The number of halogens is 2. The van der Waals surface area contributed by atoms with Crippen molar-refractivity contribution >= 4 is 99.3 Å². The monoisotopic (exact) mass is 1130 g/mol. The molecule has 2 aliphatic rings. The second kappa shape index (κ2) is 18.9. The van der Waals surface area contributed by atoms with E-state index in [9.17, 15) is 17.0 Å². The predicted molar refractivity (Wildman–Crippen MR) is 329 cm³/mol. The van der Waals surface area contributed by atoms with Crippen molar-refractivity contribution < 1.29 is 15.6 Å². The Labute approximate surface area is 437 Å². The molecule has 0 nitrogen and oxygen atoms in total. The molecule has 2 atom stereocenters. The van der Waals surface area contributed by atoms with Gasteiger partial charge in [-0.05, 0) is 0 Å². The first-order valence-corrected chi connectivity index (χ1v) is 56.5. The van der Waals surface area contributed by atoms with Gasteiger partial charge in [0.1, 0.15) is 0 Å². The molecule has 6 aromatic rings. The van der Waals surface area contributed by atoms with Gasteiger partial charge in [-0.15, -0.1) is 0 Å². The summed E-state index contributed by atoms with van der Waals surface area (Å²) in [4.78, 5) is 0. The van der Waals surface area contributed by atoms with E-state index in [1.807, 2.05) is 0 Å². The fourth-order valence-corrected chi connectivity index (χ4v) is 46.7. The molecule has 0 aliphatic heterocycles. The molecule has 70 heavy (non-hydrogen) atoms. The third-order valence-electron chi connectivity index (χ3n) is 16.0. The van der Waals surface area contributed by atoms with Gasteiger partial charge >= 0.3 is 441 Å². The van der Waals surface area contributed by atoms with Crippen LogP contribution in [0.4, 0.5) is 0 Å². The van der Waals surface area contributed by atoms with Crippen molar-refractivity contribution in [2.45, 2.75) is 138 Å². The summed E-state index contributed by atoms with van der Waals surface area (Å²) in [6.07, 6.45) is 5.16. The van der Waals surface area contributed by atoms with E-state index in [-0.39, 0.29) is 7.25 Å². The average Bonchev–Trinajstić information content (AvgIpc) is 3.89. The third-order valence-corrected chi connectivity index (χ3v) is 75.7. The van der Waals surface area contributed by atoms with Gasteiger partial charge in [0.15, 0.2) is 0 Å². The summed E-state index contributed by atoms with van der Waals surface area (Å²) < 4.78 is -0.231. The molecule has 0 fully saturated rings. The molecule has 0 saturated heterocycles. The maximum absolute atomic E-state index is 9.41. The van der Waals surface area contributed by atoms with E-state index < -0.39 is 53.8 Å². The number of hydrogen-bond donors (Lipinski definition) is 0. The van der Waals surface area contributed by atoms with Crippen LogP contribution >= 0.6 is 17.0 Å². The molecular weight excluding hydrogens is 1050 g/mol. The third kappa shape index (κ3) is 9.66. The van der Waals surface area contributed by atoms with Crippen LogP contribution in [0.3, 0.4) is 0 Å². The Morgan fingerprint density at radius 3 is 0.971 bits per heavy atom. The zero-order valence-electron chi connectivity index (χ0n) is 45.8. The van der Waals surface area contributed by atoms with Gasteiger partial charge < -0.3 is 0 Å². The van der Waals surface area contributed by atoms with E-state index in [0.717, 1.165) is 0 Å². The summed E-state index contributed by atoms with van der Waals surface area (Å²) in [5.74, 6) is -1.29. The van der Waals surface area contributed by atoms with Gasteiger partial charge in [-0.25, -0.2) is 0 Å². The zero-order chi connectivity index (χ0) is 51.3. The summed E-state index contributed by atoms with van der Waals surface area (Å²) in [5.41, 5.74) is 18.7. The van der Waals surface area contributed by atoms with Crippen molar-refractivity contribution in [3.8, 4) is 22.3 Å². The molecule has 6 aromatic carbocycles. The molecule has 0 radical (unpaired) electrons. The molecule has 0 N–H and O–H groups in total. The number of hydrogen-bond acceptors (Lipinski definition) is 0. The molecule has 367 valence electrons. The van der Waals surface area contributed by atoms with Crippen LogP contribution in [0.1, 0.15) is 91.3 Å². The van der Waals surface area contributed by atoms with Crippen LogP contribution in [0.2, 0.25) is 91.7 Å². The predicted octanol–water partition coefficient (Wildman–Crippen LogP) is 17.3. The molecule has 0 bridgehead atoms. The van der Waals surface area contributed by atoms with E-state index in [1.165, 1.54) is 98.7 Å². The van der Waals surface area contributed by atoms with Gasteiger partial charge in [-0.3, -0.25) is 0 Å². The average molecular weight is 1130 g/mol. The molecule has 0 spiro atoms. The van der Waals surface area contributed by atoms with Crippen molar-refractivity contribution in [1.82, 2.24) is 0 Å². The van der Waals surface area contributed by atoms with E-state index in [0.29, 0.717) is 11.8 Å². The summed E-state index contributed by atoms with van der Waals surface area (Å²) in [6, 6.07) is 47.8. The molecule has 8 rings (SSSR count). The van der Waals surface area contributed by atoms with Crippen molar-refractivity contribution in [1.29, 1.82) is 0 Å². The Kier molecular flexibility index (Phi) is 14.5. The number of fused-ring (bicyclic) bond motifs is 2. The van der Waals surface area contributed by atoms with Crippen LogP contribution < -0.4 is 20.7 Å². The van der Waals surface area contributed by atoms with Gasteiger partial charge in [0.2, 0.25) is 0 Å². The van der Waals surface area contributed by atoms with Crippen LogP contribution in [-0.4, -0.2) is 38.2 Å². The quantitative estimate of drug-likeness (QED) is 0.101. The topological polar surface area (TPSA) is 0 Å². The Bertz CT molecular complexity index is 2780. The summed E-state index contributed by atoms with van der Waals surface area (Å²) in [5, 5.41) is 6.15. The minimum atomic E-state index is -5.43. The fourth-order valence-electron chi connectivity index (χ4n) is 11.6. The van der Waals surface area contributed by atoms with Gasteiger partial charge in [0.25, 0.3) is 0 Å². The Balaban J connectivity index is 1.50. The molecule has 0 aromatic heterocycles.